The molecule has 0 aliphatic rings. The largest absolute Gasteiger partial charge is 0.515 e. The zero-order valence-electron chi connectivity index (χ0n) is 7.15. The Hall–Kier alpha value is -1.86. The van der Waals surface area contributed by atoms with Crippen LogP contribution in [0.2, 0.25) is 0 Å². The van der Waals surface area contributed by atoms with Gasteiger partial charge in [-0.3, -0.25) is 0 Å². The Morgan fingerprint density at radius 2 is 2.08 bits per heavy atom. The molecule has 1 N–H and O–H groups in total. The lowest BCUT2D eigenvalue weighted by atomic mass is 10.2. The molecule has 0 aliphatic carbocycles. The van der Waals surface area contributed by atoms with Crippen LogP contribution < -0.4 is 10.4 Å². The molecule has 0 atom stereocenters. The van der Waals surface area contributed by atoms with Gasteiger partial charge in [0.1, 0.15) is 6.08 Å². The fourth-order valence-corrected chi connectivity index (χ4v) is 0.821. The van der Waals surface area contributed by atoms with Gasteiger partial charge in [0.25, 0.3) is 0 Å². The van der Waals surface area contributed by atoms with Gasteiger partial charge in [-0.2, -0.15) is 0 Å². The molecule has 0 aliphatic heterocycles. The Kier molecular flexibility index (Phi) is 3.01. The van der Waals surface area contributed by atoms with Gasteiger partial charge in [0.05, 0.1) is 25.5 Å². The van der Waals surface area contributed by atoms with Crippen molar-refractivity contribution in [1.82, 2.24) is 0 Å². The number of aliphatic hydroxyl groups is 1. The molecule has 0 heterocycles. The van der Waals surface area contributed by atoms with Crippen LogP contribution in [0.5, 0.6) is 0 Å². The number of esters is 1. The zero-order valence-corrected chi connectivity index (χ0v) is 7.15. The highest BCUT2D eigenvalue weighted by atomic mass is 16.5. The third-order valence-corrected chi connectivity index (χ3v) is 1.49. The summed E-state index contributed by atoms with van der Waals surface area (Å²) in [4.78, 5) is 10.7. The number of hydrogen-bond donors (Lipinski definition) is 1. The topological polar surface area (TPSA) is 46.5 Å². The summed E-state index contributed by atoms with van der Waals surface area (Å²) >= 11 is 0. The van der Waals surface area contributed by atoms with E-state index in [0.29, 0.717) is 10.4 Å². The summed E-state index contributed by atoms with van der Waals surface area (Å²) in [5.41, 5.74) is 0. The number of benzene rings is 1. The van der Waals surface area contributed by atoms with Gasteiger partial charge in [0.2, 0.25) is 0 Å². The highest BCUT2D eigenvalue weighted by Crippen LogP contribution is 1.75. The second-order valence-corrected chi connectivity index (χ2v) is 2.37. The maximum Gasteiger partial charge on any atom is 0.447 e. The van der Waals surface area contributed by atoms with Crippen LogP contribution in [0, 0.1) is 0 Å². The van der Waals surface area contributed by atoms with Crippen molar-refractivity contribution in [3.05, 3.63) is 34.7 Å². The smallest absolute Gasteiger partial charge is 0.447 e. The molecular formula is C10H9O3+. The van der Waals surface area contributed by atoms with Crippen LogP contribution in [-0.2, 0) is 9.53 Å². The van der Waals surface area contributed by atoms with E-state index in [0.717, 1.165) is 6.26 Å². The number of ether oxygens (including phenoxy) is 1. The molecule has 3 nitrogen and oxygen atoms in total. The fraction of sp³-hybridized carbons (Fsp3) is 0.100. The average Bonchev–Trinajstić information content (AvgIpc) is 2.19. The predicted octanol–water partition coefficient (Wildman–Crippen LogP) is -0.187. The first kappa shape index (κ1) is 9.23. The van der Waals surface area contributed by atoms with E-state index in [1.165, 1.54) is 7.11 Å². The molecule has 0 amide bonds. The number of aliphatic hydroxyl groups excluding tert-OH is 1. The second kappa shape index (κ2) is 4.24. The molecule has 66 valence electrons. The van der Waals surface area contributed by atoms with Crippen LogP contribution in [0.4, 0.5) is 0 Å². The number of hydrogen-bond acceptors (Lipinski definition) is 3. The van der Waals surface area contributed by atoms with Crippen molar-refractivity contribution in [3.63, 3.8) is 0 Å². The molecule has 0 radical (unpaired) electrons. The van der Waals surface area contributed by atoms with Gasteiger partial charge in [0, 0.05) is 17.4 Å². The average molecular weight is 177 g/mol. The molecule has 3 heteroatoms. The Balaban J connectivity index is 3.05. The van der Waals surface area contributed by atoms with Crippen LogP contribution in [0.1, 0.15) is 0 Å². The lowest BCUT2D eigenvalue weighted by molar-refractivity contribution is -0.133. The maximum absolute atomic E-state index is 10.7. The van der Waals surface area contributed by atoms with Gasteiger partial charge in [-0.15, -0.1) is 0 Å². The summed E-state index contributed by atoms with van der Waals surface area (Å²) < 4.78 is 4.40. The quantitative estimate of drug-likeness (QED) is 0.478. The molecule has 0 fully saturated rings. The van der Waals surface area contributed by atoms with E-state index in [9.17, 15) is 4.79 Å². The number of rotatable bonds is 1. The molecule has 0 aromatic heterocycles. The molecular weight excluding hydrogens is 168 g/mol. The van der Waals surface area contributed by atoms with Crippen LogP contribution in [0.3, 0.4) is 0 Å². The first-order valence-corrected chi connectivity index (χ1v) is 3.68. The normalized spacial score (nSPS) is 8.69. The third-order valence-electron chi connectivity index (χ3n) is 1.49. The summed E-state index contributed by atoms with van der Waals surface area (Å²) in [5.74, 6) is -0.513. The van der Waals surface area contributed by atoms with E-state index in [1.54, 1.807) is 24.3 Å². The Morgan fingerprint density at radius 3 is 2.54 bits per heavy atom. The van der Waals surface area contributed by atoms with E-state index < -0.39 is 5.97 Å². The minimum Gasteiger partial charge on any atom is -0.515 e. The second-order valence-electron chi connectivity index (χ2n) is 2.37. The molecule has 1 aromatic carbocycles. The van der Waals surface area contributed by atoms with Gasteiger partial charge in [-0.05, 0) is 0 Å². The number of carbonyl (C=O) groups is 1. The first-order valence-electron chi connectivity index (χ1n) is 3.68. The SMILES string of the molecule is COC(=O)[C+]=c1ccc(=CO)cc1. The lowest BCUT2D eigenvalue weighted by Crippen LogP contribution is -2.09. The lowest BCUT2D eigenvalue weighted by Gasteiger charge is -1.81. The highest BCUT2D eigenvalue weighted by Gasteiger charge is 2.00. The van der Waals surface area contributed by atoms with Crippen molar-refractivity contribution < 1.29 is 14.6 Å². The highest BCUT2D eigenvalue weighted by molar-refractivity contribution is 5.99. The van der Waals surface area contributed by atoms with E-state index in [1.807, 2.05) is 0 Å². The van der Waals surface area contributed by atoms with Gasteiger partial charge in [-0.25, -0.2) is 4.79 Å². The standard InChI is InChI=1S/C10H8O3/c1-13-10(12)6-8-2-4-9(7-11)5-3-8/h2-5,7H,1H3/p+1. The predicted molar refractivity (Wildman–Crippen MR) is 48.2 cm³/mol. The van der Waals surface area contributed by atoms with Crippen molar-refractivity contribution in [2.75, 3.05) is 7.11 Å². The first-order chi connectivity index (χ1) is 6.26. The Bertz CT molecular complexity index is 383. The summed E-state index contributed by atoms with van der Waals surface area (Å²) in [6, 6.07) is 6.68. The zero-order chi connectivity index (χ0) is 9.68. The van der Waals surface area contributed by atoms with Crippen molar-refractivity contribution >= 4 is 18.3 Å². The van der Waals surface area contributed by atoms with Crippen LogP contribution >= 0.6 is 0 Å². The molecule has 0 saturated carbocycles. The number of methoxy groups -OCH3 is 1. The molecule has 1 rings (SSSR count). The molecule has 0 unspecified atom stereocenters. The van der Waals surface area contributed by atoms with Crippen molar-refractivity contribution in [2.24, 2.45) is 0 Å². The Morgan fingerprint density at radius 1 is 1.46 bits per heavy atom. The molecule has 0 bridgehead atoms. The van der Waals surface area contributed by atoms with E-state index >= 15 is 0 Å². The fourth-order valence-electron chi connectivity index (χ4n) is 0.821. The maximum atomic E-state index is 10.7. The van der Waals surface area contributed by atoms with E-state index in [2.05, 4.69) is 10.8 Å². The van der Waals surface area contributed by atoms with Crippen molar-refractivity contribution in [2.45, 2.75) is 0 Å². The summed E-state index contributed by atoms with van der Waals surface area (Å²) in [6.07, 6.45) is 3.47. The third kappa shape index (κ3) is 2.58. The molecule has 0 saturated heterocycles. The molecule has 1 aromatic rings. The van der Waals surface area contributed by atoms with Crippen LogP contribution in [0.25, 0.3) is 12.3 Å². The summed E-state index contributed by atoms with van der Waals surface area (Å²) in [7, 11) is 1.30. The minimum atomic E-state index is -0.513. The minimum absolute atomic E-state index is 0.513. The van der Waals surface area contributed by atoms with E-state index in [-0.39, 0.29) is 0 Å². The number of carbonyl (C=O) groups excluding carboxylic acids is 1. The molecule has 13 heavy (non-hydrogen) atoms. The Labute approximate surface area is 75.6 Å². The van der Waals surface area contributed by atoms with E-state index in [4.69, 9.17) is 5.11 Å². The van der Waals surface area contributed by atoms with Gasteiger partial charge in [0.15, 0.2) is 5.22 Å². The summed E-state index contributed by atoms with van der Waals surface area (Å²) in [5, 5.41) is 9.92. The summed E-state index contributed by atoms with van der Waals surface area (Å²) in [6.45, 7) is 0. The van der Waals surface area contributed by atoms with Crippen molar-refractivity contribution in [3.8, 4) is 0 Å². The monoisotopic (exact) mass is 177 g/mol. The van der Waals surface area contributed by atoms with Gasteiger partial charge >= 0.3 is 5.97 Å². The van der Waals surface area contributed by atoms with Crippen LogP contribution in [0.15, 0.2) is 24.3 Å². The molecule has 0 spiro atoms. The van der Waals surface area contributed by atoms with Crippen LogP contribution in [-0.4, -0.2) is 18.2 Å². The van der Waals surface area contributed by atoms with Gasteiger partial charge in [-0.1, -0.05) is 0 Å². The van der Waals surface area contributed by atoms with Crippen molar-refractivity contribution in [1.29, 1.82) is 0 Å². The van der Waals surface area contributed by atoms with Gasteiger partial charge < -0.3 is 9.84 Å².